The molecule has 0 radical (unpaired) electrons. The maximum absolute atomic E-state index is 12.7. The normalized spacial score (nSPS) is 15.4. The summed E-state index contributed by atoms with van der Waals surface area (Å²) in [5.74, 6) is 0.110. The van der Waals surface area contributed by atoms with Crippen molar-refractivity contribution in [2.75, 3.05) is 23.3 Å². The second-order valence-electron chi connectivity index (χ2n) is 7.20. The molecule has 0 saturated carbocycles. The van der Waals surface area contributed by atoms with E-state index in [2.05, 4.69) is 40.3 Å². The topological polar surface area (TPSA) is 58.1 Å². The number of benzene rings is 2. The van der Waals surface area contributed by atoms with Crippen LogP contribution in [0.5, 0.6) is 0 Å². The number of rotatable bonds is 3. The molecule has 142 valence electrons. The summed E-state index contributed by atoms with van der Waals surface area (Å²) >= 11 is 3.27. The van der Waals surface area contributed by atoms with Crippen molar-refractivity contribution in [3.63, 3.8) is 0 Å². The molecular formula is C21H20N4OS2. The van der Waals surface area contributed by atoms with Gasteiger partial charge in [-0.05, 0) is 49.6 Å². The SMILES string of the molecule is Cc1ccc2nc(N3CCC(C(=O)Nc4nc5ccccc5s4)CC3)sc2c1. The van der Waals surface area contributed by atoms with Gasteiger partial charge in [0, 0.05) is 19.0 Å². The van der Waals surface area contributed by atoms with Gasteiger partial charge >= 0.3 is 0 Å². The van der Waals surface area contributed by atoms with Crippen molar-refractivity contribution in [1.82, 2.24) is 9.97 Å². The van der Waals surface area contributed by atoms with Crippen LogP contribution in [0, 0.1) is 12.8 Å². The Morgan fingerprint density at radius 3 is 2.64 bits per heavy atom. The fourth-order valence-corrected chi connectivity index (χ4v) is 5.61. The molecule has 4 aromatic rings. The molecule has 1 N–H and O–H groups in total. The lowest BCUT2D eigenvalue weighted by Crippen LogP contribution is -2.38. The van der Waals surface area contributed by atoms with E-state index in [0.717, 1.165) is 46.8 Å². The molecule has 0 bridgehead atoms. The van der Waals surface area contributed by atoms with Crippen LogP contribution in [-0.2, 0) is 4.79 Å². The molecule has 3 heterocycles. The highest BCUT2D eigenvalue weighted by atomic mass is 32.1. The minimum Gasteiger partial charge on any atom is -0.348 e. The smallest absolute Gasteiger partial charge is 0.229 e. The summed E-state index contributed by atoms with van der Waals surface area (Å²) in [6.07, 6.45) is 1.68. The van der Waals surface area contributed by atoms with Gasteiger partial charge < -0.3 is 10.2 Å². The fourth-order valence-electron chi connectivity index (χ4n) is 3.62. The minimum absolute atomic E-state index is 0.0277. The number of thiazole rings is 2. The van der Waals surface area contributed by atoms with Crippen LogP contribution in [0.25, 0.3) is 20.4 Å². The number of hydrogen-bond acceptors (Lipinski definition) is 6. The molecule has 1 fully saturated rings. The highest BCUT2D eigenvalue weighted by Crippen LogP contribution is 2.32. The van der Waals surface area contributed by atoms with Crippen LogP contribution in [0.2, 0.25) is 0 Å². The standard InChI is InChI=1S/C21H20N4OS2/c1-13-6-7-16-18(12-13)28-21(23-16)25-10-8-14(9-11-25)19(26)24-20-22-15-4-2-3-5-17(15)27-20/h2-7,12,14H,8-11H2,1H3,(H,22,24,26). The van der Waals surface area contributed by atoms with Crippen molar-refractivity contribution in [3.8, 4) is 0 Å². The van der Waals surface area contributed by atoms with Crippen molar-refractivity contribution < 1.29 is 4.79 Å². The molecule has 0 atom stereocenters. The number of hydrogen-bond donors (Lipinski definition) is 1. The third-order valence-electron chi connectivity index (χ3n) is 5.19. The molecule has 2 aromatic heterocycles. The van der Waals surface area contributed by atoms with E-state index >= 15 is 0 Å². The van der Waals surface area contributed by atoms with Gasteiger partial charge in [-0.25, -0.2) is 9.97 Å². The van der Waals surface area contributed by atoms with Gasteiger partial charge in [-0.2, -0.15) is 0 Å². The van der Waals surface area contributed by atoms with Crippen LogP contribution in [0.4, 0.5) is 10.3 Å². The number of para-hydroxylation sites is 1. The zero-order valence-electron chi connectivity index (χ0n) is 15.5. The van der Waals surface area contributed by atoms with Crippen molar-refractivity contribution in [3.05, 3.63) is 48.0 Å². The molecule has 5 nitrogen and oxygen atoms in total. The van der Waals surface area contributed by atoms with Crippen LogP contribution >= 0.6 is 22.7 Å². The second kappa shape index (κ2) is 7.14. The van der Waals surface area contributed by atoms with Crippen molar-refractivity contribution in [2.45, 2.75) is 19.8 Å². The summed E-state index contributed by atoms with van der Waals surface area (Å²) in [6, 6.07) is 14.3. The third kappa shape index (κ3) is 3.36. The Morgan fingerprint density at radius 2 is 1.82 bits per heavy atom. The first-order valence-electron chi connectivity index (χ1n) is 9.44. The van der Waals surface area contributed by atoms with Gasteiger partial charge in [0.1, 0.15) is 0 Å². The molecule has 1 amide bonds. The number of nitrogens with one attached hydrogen (secondary N) is 1. The molecule has 0 spiro atoms. The predicted molar refractivity (Wildman–Crippen MR) is 118 cm³/mol. The summed E-state index contributed by atoms with van der Waals surface area (Å²) in [5, 5.41) is 4.77. The van der Waals surface area contributed by atoms with Gasteiger partial charge in [0.25, 0.3) is 0 Å². The number of piperidine rings is 1. The van der Waals surface area contributed by atoms with Crippen LogP contribution in [0.3, 0.4) is 0 Å². The molecule has 5 rings (SSSR count). The van der Waals surface area contributed by atoms with E-state index in [0.29, 0.717) is 5.13 Å². The van der Waals surface area contributed by atoms with Gasteiger partial charge in [0.2, 0.25) is 5.91 Å². The highest BCUT2D eigenvalue weighted by molar-refractivity contribution is 7.22. The maximum atomic E-state index is 12.7. The Bertz CT molecular complexity index is 1120. The number of aromatic nitrogens is 2. The molecule has 1 saturated heterocycles. The number of fused-ring (bicyclic) bond motifs is 2. The Balaban J connectivity index is 1.23. The number of anilines is 2. The van der Waals surface area contributed by atoms with Gasteiger partial charge in [0.15, 0.2) is 10.3 Å². The van der Waals surface area contributed by atoms with Crippen LogP contribution < -0.4 is 10.2 Å². The highest BCUT2D eigenvalue weighted by Gasteiger charge is 2.27. The lowest BCUT2D eigenvalue weighted by atomic mass is 9.96. The number of carbonyl (C=O) groups is 1. The molecule has 2 aromatic carbocycles. The molecule has 0 aliphatic carbocycles. The van der Waals surface area contributed by atoms with E-state index < -0.39 is 0 Å². The Kier molecular flexibility index (Phi) is 4.49. The van der Waals surface area contributed by atoms with Crippen LogP contribution in [0.15, 0.2) is 42.5 Å². The Labute approximate surface area is 171 Å². The first kappa shape index (κ1) is 17.6. The van der Waals surface area contributed by atoms with Gasteiger partial charge in [-0.1, -0.05) is 40.9 Å². The summed E-state index contributed by atoms with van der Waals surface area (Å²) in [5.41, 5.74) is 3.25. The molecule has 0 unspecified atom stereocenters. The minimum atomic E-state index is 0.0277. The predicted octanol–water partition coefficient (Wildman–Crippen LogP) is 5.07. The number of nitrogens with zero attached hydrogens (tertiary/aromatic N) is 3. The van der Waals surface area contributed by atoms with E-state index in [4.69, 9.17) is 4.98 Å². The lowest BCUT2D eigenvalue weighted by molar-refractivity contribution is -0.120. The second-order valence-corrected chi connectivity index (χ2v) is 9.24. The number of carbonyl (C=O) groups excluding carboxylic acids is 1. The monoisotopic (exact) mass is 408 g/mol. The molecule has 28 heavy (non-hydrogen) atoms. The van der Waals surface area contributed by atoms with E-state index in [-0.39, 0.29) is 11.8 Å². The van der Waals surface area contributed by atoms with Crippen molar-refractivity contribution in [1.29, 1.82) is 0 Å². The average molecular weight is 409 g/mol. The lowest BCUT2D eigenvalue weighted by Gasteiger charge is -2.30. The van der Waals surface area contributed by atoms with E-state index in [1.165, 1.54) is 21.6 Å². The summed E-state index contributed by atoms with van der Waals surface area (Å²) in [4.78, 5) is 24.3. The van der Waals surface area contributed by atoms with E-state index in [9.17, 15) is 4.79 Å². The van der Waals surface area contributed by atoms with Gasteiger partial charge in [0.05, 0.1) is 20.4 Å². The van der Waals surface area contributed by atoms with Crippen molar-refractivity contribution >= 4 is 59.3 Å². The van der Waals surface area contributed by atoms with Crippen molar-refractivity contribution in [2.24, 2.45) is 5.92 Å². The van der Waals surface area contributed by atoms with E-state index in [1.807, 2.05) is 24.3 Å². The van der Waals surface area contributed by atoms with Crippen LogP contribution in [-0.4, -0.2) is 29.0 Å². The molecule has 7 heteroatoms. The zero-order chi connectivity index (χ0) is 19.1. The maximum Gasteiger partial charge on any atom is 0.229 e. The fraction of sp³-hybridized carbons (Fsp3) is 0.286. The summed E-state index contributed by atoms with van der Waals surface area (Å²) < 4.78 is 2.32. The van der Waals surface area contributed by atoms with Crippen LogP contribution in [0.1, 0.15) is 18.4 Å². The molecule has 1 aliphatic rings. The zero-order valence-corrected chi connectivity index (χ0v) is 17.1. The number of aryl methyl sites for hydroxylation is 1. The first-order valence-corrected chi connectivity index (χ1v) is 11.1. The summed E-state index contributed by atoms with van der Waals surface area (Å²) in [6.45, 7) is 3.82. The summed E-state index contributed by atoms with van der Waals surface area (Å²) in [7, 11) is 0. The average Bonchev–Trinajstić information content (AvgIpc) is 3.31. The quantitative estimate of drug-likeness (QED) is 0.514. The van der Waals surface area contributed by atoms with Gasteiger partial charge in [-0.15, -0.1) is 0 Å². The van der Waals surface area contributed by atoms with Gasteiger partial charge in [-0.3, -0.25) is 4.79 Å². The number of amides is 1. The molecule has 1 aliphatic heterocycles. The Hall–Kier alpha value is -2.51. The molecular weight excluding hydrogens is 388 g/mol. The Morgan fingerprint density at radius 1 is 1.04 bits per heavy atom. The van der Waals surface area contributed by atoms with E-state index in [1.54, 1.807) is 11.3 Å². The first-order chi connectivity index (χ1) is 13.7. The largest absolute Gasteiger partial charge is 0.348 e. The third-order valence-corrected chi connectivity index (χ3v) is 7.22.